The minimum Gasteiger partial charge on any atom is -0.366 e. The molecule has 0 amide bonds. The fourth-order valence-electron chi connectivity index (χ4n) is 0.358. The maximum atomic E-state index is 11.1. The molecule has 0 radical (unpaired) electrons. The molecule has 13 heavy (non-hydrogen) atoms. The van der Waals surface area contributed by atoms with E-state index in [4.69, 9.17) is 5.26 Å². The minimum atomic E-state index is -4.23. The molecule has 0 heterocycles. The zero-order valence-electron chi connectivity index (χ0n) is 6.71. The predicted octanol–water partition coefficient (Wildman–Crippen LogP) is 1.52. The second-order valence-electron chi connectivity index (χ2n) is 1.73. The van der Waals surface area contributed by atoms with Crippen LogP contribution in [0.5, 0.6) is 0 Å². The molecular formula is C6H9O6P. The Morgan fingerprint density at radius 2 is 2.15 bits per heavy atom. The fraction of sp³-hybridized carbons (Fsp3) is 0.167. The van der Waals surface area contributed by atoms with E-state index in [1.165, 1.54) is 6.08 Å². The lowest BCUT2D eigenvalue weighted by atomic mass is 10.7. The van der Waals surface area contributed by atoms with Gasteiger partial charge in [-0.1, -0.05) is 12.7 Å². The quantitative estimate of drug-likeness (QED) is 0.234. The zero-order valence-corrected chi connectivity index (χ0v) is 7.61. The number of hydrogen-bond donors (Lipinski definition) is 1. The number of carbonyl (C=O) groups is 1. The van der Waals surface area contributed by atoms with Gasteiger partial charge in [-0.2, -0.15) is 0 Å². The lowest BCUT2D eigenvalue weighted by Gasteiger charge is -2.10. The van der Waals surface area contributed by atoms with Gasteiger partial charge in [0.2, 0.25) is 0 Å². The number of phosphoric acid groups is 1. The Hall–Kier alpha value is -0.940. The van der Waals surface area contributed by atoms with E-state index >= 15 is 0 Å². The molecular weight excluding hydrogens is 199 g/mol. The lowest BCUT2D eigenvalue weighted by Crippen LogP contribution is -2.03. The molecule has 0 aliphatic carbocycles. The first-order valence-corrected chi connectivity index (χ1v) is 4.58. The molecule has 6 nitrogen and oxygen atoms in total. The molecule has 0 aromatic rings. The molecule has 7 heteroatoms. The standard InChI is InChI=1S/C6H9O6P/c1-3-5-10-13(9,12-8)11-6(7)4-2/h3-4,8H,1-2,5H2. The normalized spacial score (nSPS) is 14.2. The van der Waals surface area contributed by atoms with E-state index < -0.39 is 13.8 Å². The lowest BCUT2D eigenvalue weighted by molar-refractivity contribution is -0.169. The summed E-state index contributed by atoms with van der Waals surface area (Å²) < 4.78 is 23.0. The number of carbonyl (C=O) groups excluding carboxylic acids is 1. The molecule has 0 saturated heterocycles. The van der Waals surface area contributed by atoms with E-state index in [9.17, 15) is 9.36 Å². The SMILES string of the molecule is C=CCOP(=O)(OO)OC(=O)C=C. The molecule has 74 valence electrons. The van der Waals surface area contributed by atoms with Gasteiger partial charge in [0.05, 0.1) is 6.61 Å². The third-order valence-electron chi connectivity index (χ3n) is 0.819. The van der Waals surface area contributed by atoms with Crippen LogP contribution in [0.2, 0.25) is 0 Å². The molecule has 0 aliphatic heterocycles. The molecule has 0 fully saturated rings. The van der Waals surface area contributed by atoms with E-state index in [2.05, 4.69) is 26.9 Å². The Bertz CT molecular complexity index is 248. The van der Waals surface area contributed by atoms with Gasteiger partial charge >= 0.3 is 13.8 Å². The van der Waals surface area contributed by atoms with Crippen molar-refractivity contribution in [1.29, 1.82) is 0 Å². The highest BCUT2D eigenvalue weighted by Crippen LogP contribution is 2.48. The van der Waals surface area contributed by atoms with Crippen molar-refractivity contribution in [3.8, 4) is 0 Å². The van der Waals surface area contributed by atoms with Gasteiger partial charge in [0, 0.05) is 6.08 Å². The topological polar surface area (TPSA) is 82.1 Å². The van der Waals surface area contributed by atoms with Gasteiger partial charge < -0.3 is 4.52 Å². The van der Waals surface area contributed by atoms with Crippen LogP contribution in [-0.4, -0.2) is 17.8 Å². The van der Waals surface area contributed by atoms with Gasteiger partial charge in [-0.25, -0.2) is 14.6 Å². The van der Waals surface area contributed by atoms with Crippen LogP contribution in [0.4, 0.5) is 0 Å². The Balaban J connectivity index is 4.26. The molecule has 1 N–H and O–H groups in total. The molecule has 0 aromatic carbocycles. The van der Waals surface area contributed by atoms with Crippen LogP contribution in [0, 0.1) is 0 Å². The Morgan fingerprint density at radius 3 is 2.54 bits per heavy atom. The van der Waals surface area contributed by atoms with Gasteiger partial charge in [0.1, 0.15) is 0 Å². The van der Waals surface area contributed by atoms with Crippen molar-refractivity contribution in [2.24, 2.45) is 0 Å². The highest BCUT2D eigenvalue weighted by atomic mass is 31.2. The van der Waals surface area contributed by atoms with Gasteiger partial charge in [0.25, 0.3) is 0 Å². The third kappa shape index (κ3) is 4.59. The summed E-state index contributed by atoms with van der Waals surface area (Å²) in [5.41, 5.74) is 0. The van der Waals surface area contributed by atoms with Crippen LogP contribution in [-0.2, 0) is 23.1 Å². The summed E-state index contributed by atoms with van der Waals surface area (Å²) in [7, 11) is -4.23. The van der Waals surface area contributed by atoms with E-state index in [1.807, 2.05) is 0 Å². The summed E-state index contributed by atoms with van der Waals surface area (Å²) in [5, 5.41) is 8.12. The van der Waals surface area contributed by atoms with Crippen LogP contribution < -0.4 is 0 Å². The smallest absolute Gasteiger partial charge is 0.366 e. The largest absolute Gasteiger partial charge is 0.560 e. The summed E-state index contributed by atoms with van der Waals surface area (Å²) in [4.78, 5) is 10.5. The van der Waals surface area contributed by atoms with Crippen LogP contribution in [0.3, 0.4) is 0 Å². The predicted molar refractivity (Wildman–Crippen MR) is 43.8 cm³/mol. The van der Waals surface area contributed by atoms with Crippen molar-refractivity contribution in [3.63, 3.8) is 0 Å². The fourth-order valence-corrected chi connectivity index (χ4v) is 1.07. The third-order valence-corrected chi connectivity index (χ3v) is 1.89. The summed E-state index contributed by atoms with van der Waals surface area (Å²) in [6, 6.07) is 0. The minimum absolute atomic E-state index is 0.192. The molecule has 0 spiro atoms. The van der Waals surface area contributed by atoms with Crippen molar-refractivity contribution < 1.29 is 28.3 Å². The summed E-state index contributed by atoms with van der Waals surface area (Å²) in [5.74, 6) is -1.03. The first-order chi connectivity index (χ1) is 6.08. The van der Waals surface area contributed by atoms with Gasteiger partial charge in [0.15, 0.2) is 0 Å². The zero-order chi connectivity index (χ0) is 10.3. The van der Waals surface area contributed by atoms with E-state index in [0.717, 1.165) is 6.08 Å². The summed E-state index contributed by atoms with van der Waals surface area (Å²) in [6.45, 7) is 6.11. The molecule has 0 aromatic heterocycles. The average Bonchev–Trinajstić information content (AvgIpc) is 2.14. The molecule has 0 aliphatic rings. The van der Waals surface area contributed by atoms with Crippen molar-refractivity contribution in [2.75, 3.05) is 6.61 Å². The van der Waals surface area contributed by atoms with Crippen molar-refractivity contribution >= 4 is 13.8 Å². The molecule has 0 saturated carbocycles. The first kappa shape index (κ1) is 12.1. The Kier molecular flexibility index (Phi) is 5.25. The van der Waals surface area contributed by atoms with Crippen LogP contribution in [0.1, 0.15) is 0 Å². The van der Waals surface area contributed by atoms with Crippen LogP contribution >= 0.6 is 7.82 Å². The second-order valence-corrected chi connectivity index (χ2v) is 3.23. The number of phosphoric ester groups is 1. The van der Waals surface area contributed by atoms with E-state index in [0.29, 0.717) is 0 Å². The highest BCUT2D eigenvalue weighted by molar-refractivity contribution is 7.48. The summed E-state index contributed by atoms with van der Waals surface area (Å²) in [6.07, 6.45) is 2.00. The molecule has 0 bridgehead atoms. The van der Waals surface area contributed by atoms with E-state index in [1.54, 1.807) is 0 Å². The van der Waals surface area contributed by atoms with Crippen LogP contribution in [0.15, 0.2) is 25.3 Å². The van der Waals surface area contributed by atoms with Gasteiger partial charge in [-0.15, -0.1) is 11.3 Å². The van der Waals surface area contributed by atoms with Gasteiger partial charge in [-0.3, -0.25) is 4.52 Å². The maximum absolute atomic E-state index is 11.1. The number of rotatable bonds is 6. The van der Waals surface area contributed by atoms with Crippen molar-refractivity contribution in [2.45, 2.75) is 0 Å². The van der Waals surface area contributed by atoms with Gasteiger partial charge in [-0.05, 0) is 0 Å². The highest BCUT2D eigenvalue weighted by Gasteiger charge is 2.30. The molecule has 0 rings (SSSR count). The van der Waals surface area contributed by atoms with Crippen molar-refractivity contribution in [1.82, 2.24) is 0 Å². The first-order valence-electron chi connectivity index (χ1n) is 3.12. The van der Waals surface area contributed by atoms with Crippen molar-refractivity contribution in [3.05, 3.63) is 25.3 Å². The molecule has 1 unspecified atom stereocenters. The second kappa shape index (κ2) is 5.66. The summed E-state index contributed by atoms with van der Waals surface area (Å²) >= 11 is 0. The Labute approximate surface area is 75.0 Å². The Morgan fingerprint density at radius 1 is 1.54 bits per heavy atom. The monoisotopic (exact) mass is 208 g/mol. The number of hydrogen-bond acceptors (Lipinski definition) is 6. The van der Waals surface area contributed by atoms with Crippen LogP contribution in [0.25, 0.3) is 0 Å². The average molecular weight is 208 g/mol. The maximum Gasteiger partial charge on any atom is 0.560 e. The van der Waals surface area contributed by atoms with E-state index in [-0.39, 0.29) is 6.61 Å². The molecule has 1 atom stereocenters.